The molecular weight excluding hydrogens is 414 g/mol. The summed E-state index contributed by atoms with van der Waals surface area (Å²) >= 11 is 0. The molecule has 1 saturated carbocycles. The van der Waals surface area contributed by atoms with Crippen molar-refractivity contribution in [2.75, 3.05) is 13.1 Å². The maximum atomic E-state index is 13.5. The van der Waals surface area contributed by atoms with Crippen molar-refractivity contribution in [3.8, 4) is 0 Å². The summed E-state index contributed by atoms with van der Waals surface area (Å²) in [7, 11) is -3.83. The number of rotatable bonds is 6. The first kappa shape index (κ1) is 21.8. The summed E-state index contributed by atoms with van der Waals surface area (Å²) in [4.78, 5) is 12.8. The first-order valence-corrected chi connectivity index (χ1v) is 12.4. The predicted octanol–water partition coefficient (Wildman–Crippen LogP) is 3.61. The van der Waals surface area contributed by atoms with Crippen LogP contribution >= 0.6 is 0 Å². The summed E-state index contributed by atoms with van der Waals surface area (Å²) in [5, 5.41) is 7.02. The minimum atomic E-state index is -3.83. The Labute approximate surface area is 183 Å². The minimum Gasteiger partial charge on any atom is -0.355 e. The number of benzene rings is 1. The van der Waals surface area contributed by atoms with Gasteiger partial charge in [0.15, 0.2) is 10.7 Å². The van der Waals surface area contributed by atoms with Gasteiger partial charge in [-0.1, -0.05) is 54.4 Å². The summed E-state index contributed by atoms with van der Waals surface area (Å²) in [5.74, 6) is -0.149. The Hall–Kier alpha value is -2.45. The molecule has 1 aromatic carbocycles. The summed E-state index contributed by atoms with van der Waals surface area (Å²) < 4.78 is 33.7. The van der Waals surface area contributed by atoms with Crippen molar-refractivity contribution in [3.63, 3.8) is 0 Å². The number of carbonyl (C=O) groups is 1. The number of nitrogens with one attached hydrogen (secondary N) is 1. The average molecular weight is 444 g/mol. The van der Waals surface area contributed by atoms with E-state index < -0.39 is 10.0 Å². The summed E-state index contributed by atoms with van der Waals surface area (Å²) in [5.41, 5.74) is 1.26. The van der Waals surface area contributed by atoms with Crippen LogP contribution in [0.4, 0.5) is 0 Å². The quantitative estimate of drug-likeness (QED) is 0.736. The number of hydrogen-bond acceptors (Lipinski definition) is 5. The van der Waals surface area contributed by atoms with E-state index in [2.05, 4.69) is 10.5 Å². The highest BCUT2D eigenvalue weighted by Gasteiger charge is 2.37. The first-order chi connectivity index (χ1) is 14.9. The number of piperidine rings is 1. The van der Waals surface area contributed by atoms with Crippen LogP contribution in [0, 0.1) is 12.8 Å². The predicted molar refractivity (Wildman–Crippen MR) is 118 cm³/mol. The molecule has 7 nitrogen and oxygen atoms in total. The van der Waals surface area contributed by atoms with E-state index in [0.717, 1.165) is 31.2 Å². The third kappa shape index (κ3) is 4.91. The van der Waals surface area contributed by atoms with E-state index in [9.17, 15) is 13.2 Å². The van der Waals surface area contributed by atoms with Crippen LogP contribution in [0.2, 0.25) is 0 Å². The van der Waals surface area contributed by atoms with Gasteiger partial charge >= 0.3 is 0 Å². The van der Waals surface area contributed by atoms with Gasteiger partial charge in [0.2, 0.25) is 15.9 Å². The number of aromatic nitrogens is 1. The van der Waals surface area contributed by atoms with Crippen LogP contribution in [0.3, 0.4) is 0 Å². The minimum absolute atomic E-state index is 0.0296. The lowest BCUT2D eigenvalue weighted by atomic mass is 9.98. The van der Waals surface area contributed by atoms with Gasteiger partial charge in [-0.3, -0.25) is 4.79 Å². The van der Waals surface area contributed by atoms with E-state index >= 15 is 0 Å². The van der Waals surface area contributed by atoms with E-state index in [1.807, 2.05) is 30.3 Å². The Kier molecular flexibility index (Phi) is 6.57. The number of carbonyl (C=O) groups excluding carboxylic acids is 1. The smallest absolute Gasteiger partial charge is 0.248 e. The molecule has 2 heterocycles. The Morgan fingerprint density at radius 3 is 2.61 bits per heavy atom. The summed E-state index contributed by atoms with van der Waals surface area (Å²) in [6.07, 6.45) is 9.10. The van der Waals surface area contributed by atoms with Crippen LogP contribution in [0.15, 0.2) is 39.8 Å². The summed E-state index contributed by atoms with van der Waals surface area (Å²) in [6.45, 7) is 2.21. The van der Waals surface area contributed by atoms with Gasteiger partial charge < -0.3 is 9.84 Å². The van der Waals surface area contributed by atoms with Crippen molar-refractivity contribution in [3.05, 3.63) is 47.3 Å². The van der Waals surface area contributed by atoms with Crippen LogP contribution in [0.5, 0.6) is 0 Å². The molecule has 0 radical (unpaired) electrons. The lowest BCUT2D eigenvalue weighted by Gasteiger charge is -2.31. The van der Waals surface area contributed by atoms with Crippen molar-refractivity contribution in [1.82, 2.24) is 14.8 Å². The maximum absolute atomic E-state index is 13.5. The molecular formula is C23H29N3O4S. The van der Waals surface area contributed by atoms with Crippen LogP contribution in [-0.2, 0) is 14.8 Å². The van der Waals surface area contributed by atoms with E-state index in [-0.39, 0.29) is 35.1 Å². The van der Waals surface area contributed by atoms with Crippen LogP contribution < -0.4 is 5.32 Å². The molecule has 8 heteroatoms. The van der Waals surface area contributed by atoms with Gasteiger partial charge in [-0.05, 0) is 44.2 Å². The first-order valence-electron chi connectivity index (χ1n) is 10.9. The molecule has 1 amide bonds. The molecule has 4 rings (SSSR count). The Balaban J connectivity index is 1.52. The van der Waals surface area contributed by atoms with Gasteiger partial charge in [-0.2, -0.15) is 4.31 Å². The molecule has 2 aromatic rings. The fraction of sp³-hybridized carbons (Fsp3) is 0.478. The zero-order valence-electron chi connectivity index (χ0n) is 17.8. The van der Waals surface area contributed by atoms with Crippen molar-refractivity contribution in [2.24, 2.45) is 5.92 Å². The van der Waals surface area contributed by atoms with E-state index in [1.165, 1.54) is 4.31 Å². The SMILES string of the molecule is Cc1noc(/C=C/c2ccccc2)c1S(=O)(=O)N1CCC[C@H](C(=O)NC2CCCC2)C1. The fourth-order valence-corrected chi connectivity index (χ4v) is 6.20. The third-order valence-corrected chi connectivity index (χ3v) is 8.14. The van der Waals surface area contributed by atoms with E-state index in [4.69, 9.17) is 4.52 Å². The highest BCUT2D eigenvalue weighted by Crippen LogP contribution is 2.29. The molecule has 2 fully saturated rings. The molecule has 1 aliphatic heterocycles. The monoisotopic (exact) mass is 443 g/mol. The third-order valence-electron chi connectivity index (χ3n) is 6.11. The Morgan fingerprint density at radius 1 is 1.13 bits per heavy atom. The molecule has 2 aliphatic rings. The van der Waals surface area contributed by atoms with Crippen LogP contribution in [0.1, 0.15) is 55.5 Å². The highest BCUT2D eigenvalue weighted by molar-refractivity contribution is 7.89. The molecule has 0 spiro atoms. The molecule has 0 bridgehead atoms. The van der Waals surface area contributed by atoms with Gasteiger partial charge in [0.1, 0.15) is 5.69 Å². The lowest BCUT2D eigenvalue weighted by molar-refractivity contribution is -0.126. The molecule has 1 saturated heterocycles. The van der Waals surface area contributed by atoms with E-state index in [0.29, 0.717) is 25.1 Å². The van der Waals surface area contributed by atoms with Gasteiger partial charge in [-0.15, -0.1) is 0 Å². The van der Waals surface area contributed by atoms with Crippen molar-refractivity contribution >= 4 is 28.1 Å². The maximum Gasteiger partial charge on any atom is 0.248 e. The second-order valence-electron chi connectivity index (χ2n) is 8.40. The van der Waals surface area contributed by atoms with Crippen LogP contribution in [0.25, 0.3) is 12.2 Å². The topological polar surface area (TPSA) is 92.5 Å². The number of aryl methyl sites for hydroxylation is 1. The number of hydrogen-bond donors (Lipinski definition) is 1. The average Bonchev–Trinajstić information content (AvgIpc) is 3.42. The zero-order chi connectivity index (χ0) is 21.8. The second kappa shape index (κ2) is 9.36. The number of nitrogens with zero attached hydrogens (tertiary/aromatic N) is 2. The molecule has 1 aromatic heterocycles. The molecule has 166 valence electrons. The van der Waals surface area contributed by atoms with Crippen LogP contribution in [-0.4, -0.2) is 42.9 Å². The van der Waals surface area contributed by atoms with Crippen molar-refractivity contribution in [2.45, 2.75) is 56.4 Å². The molecule has 1 atom stereocenters. The molecule has 31 heavy (non-hydrogen) atoms. The van der Waals surface area contributed by atoms with Gasteiger partial charge in [0, 0.05) is 19.1 Å². The molecule has 1 N–H and O–H groups in total. The van der Waals surface area contributed by atoms with E-state index in [1.54, 1.807) is 19.1 Å². The van der Waals surface area contributed by atoms with Crippen molar-refractivity contribution in [1.29, 1.82) is 0 Å². The lowest BCUT2D eigenvalue weighted by Crippen LogP contribution is -2.47. The Bertz CT molecular complexity index is 1040. The fourth-order valence-electron chi connectivity index (χ4n) is 4.43. The Morgan fingerprint density at radius 2 is 1.87 bits per heavy atom. The van der Waals surface area contributed by atoms with Gasteiger partial charge in [-0.25, -0.2) is 8.42 Å². The number of sulfonamides is 1. The zero-order valence-corrected chi connectivity index (χ0v) is 18.6. The highest BCUT2D eigenvalue weighted by atomic mass is 32.2. The molecule has 1 aliphatic carbocycles. The normalized spacial score (nSPS) is 21.0. The number of amides is 1. The second-order valence-corrected chi connectivity index (χ2v) is 10.3. The largest absolute Gasteiger partial charge is 0.355 e. The standard InChI is InChI=1S/C23H29N3O4S/c1-17-22(21(30-25-17)14-13-18-8-3-2-4-9-18)31(28,29)26-15-7-10-19(16-26)23(27)24-20-11-5-6-12-20/h2-4,8-9,13-14,19-20H,5-7,10-12,15-16H2,1H3,(H,24,27)/b14-13+/t19-/m0/s1. The summed E-state index contributed by atoms with van der Waals surface area (Å²) in [6, 6.07) is 9.81. The van der Waals surface area contributed by atoms with Crippen molar-refractivity contribution < 1.29 is 17.7 Å². The molecule has 0 unspecified atom stereocenters. The van der Waals surface area contributed by atoms with Gasteiger partial charge in [0.05, 0.1) is 5.92 Å². The van der Waals surface area contributed by atoms with Gasteiger partial charge in [0.25, 0.3) is 0 Å².